The number of fused-ring (bicyclic) bond motifs is 2. The van der Waals surface area contributed by atoms with Crippen LogP contribution in [0.1, 0.15) is 71.2 Å². The van der Waals surface area contributed by atoms with Crippen molar-refractivity contribution in [1.82, 2.24) is 10.6 Å². The van der Waals surface area contributed by atoms with E-state index in [1.165, 1.54) is 0 Å². The second-order valence-corrected chi connectivity index (χ2v) is 11.4. The third-order valence-corrected chi connectivity index (χ3v) is 8.66. The van der Waals surface area contributed by atoms with Crippen LogP contribution in [-0.4, -0.2) is 45.5 Å². The first-order chi connectivity index (χ1) is 19.1. The van der Waals surface area contributed by atoms with Gasteiger partial charge in [0.1, 0.15) is 29.3 Å². The van der Waals surface area contributed by atoms with E-state index in [9.17, 15) is 19.8 Å². The number of nitrogens with two attached hydrogens (primary N) is 1. The van der Waals surface area contributed by atoms with Gasteiger partial charge in [-0.1, -0.05) is 0 Å². The molecule has 0 aromatic heterocycles. The van der Waals surface area contributed by atoms with Gasteiger partial charge in [0.15, 0.2) is 11.2 Å². The third kappa shape index (κ3) is 5.16. The summed E-state index contributed by atoms with van der Waals surface area (Å²) in [6, 6.07) is 0. The number of carbonyl (C=O) groups is 2. The van der Waals surface area contributed by atoms with E-state index in [2.05, 4.69) is 20.8 Å². The second kappa shape index (κ2) is 10.6. The summed E-state index contributed by atoms with van der Waals surface area (Å²) in [5.74, 6) is 0.539. The fourth-order valence-corrected chi connectivity index (χ4v) is 5.42. The SMILES string of the molecule is Cc1c(C)c2c(c(C)c1O)CCC(C)(C(=O)N/C=N/N=C(N)NC(=O)C1(C)CCc3c(C)c(O)c(C)c(C)c3O1)O2. The molecule has 4 rings (SSSR count). The fraction of sp³-hybridized carbons (Fsp3) is 0.467. The smallest absolute Gasteiger partial charge is 0.270 e. The van der Waals surface area contributed by atoms with Crippen molar-refractivity contribution >= 4 is 24.1 Å². The van der Waals surface area contributed by atoms with Gasteiger partial charge in [0, 0.05) is 24.0 Å². The number of aromatic hydroxyl groups is 2. The van der Waals surface area contributed by atoms with E-state index < -0.39 is 23.0 Å². The number of hydrogen-bond donors (Lipinski definition) is 5. The van der Waals surface area contributed by atoms with Gasteiger partial charge in [0.25, 0.3) is 11.8 Å². The third-order valence-electron chi connectivity index (χ3n) is 8.66. The van der Waals surface area contributed by atoms with Crippen LogP contribution in [0.2, 0.25) is 0 Å². The number of guanidine groups is 1. The molecule has 0 radical (unpaired) electrons. The molecule has 2 heterocycles. The number of phenols is 2. The summed E-state index contributed by atoms with van der Waals surface area (Å²) >= 11 is 0. The number of hydrogen-bond acceptors (Lipinski definition) is 8. The molecule has 0 bridgehead atoms. The average Bonchev–Trinajstić information content (AvgIpc) is 2.94. The van der Waals surface area contributed by atoms with Gasteiger partial charge in [-0.25, -0.2) is 0 Å². The van der Waals surface area contributed by atoms with Crippen LogP contribution < -0.4 is 25.8 Å². The lowest BCUT2D eigenvalue weighted by Crippen LogP contribution is -2.54. The Balaban J connectivity index is 1.39. The van der Waals surface area contributed by atoms with Crippen LogP contribution in [0, 0.1) is 41.5 Å². The number of amides is 2. The van der Waals surface area contributed by atoms with Gasteiger partial charge in [-0.2, -0.15) is 0 Å². The Morgan fingerprint density at radius 3 is 1.68 bits per heavy atom. The van der Waals surface area contributed by atoms with E-state index in [0.717, 1.165) is 45.3 Å². The van der Waals surface area contributed by atoms with Crippen LogP contribution in [0.3, 0.4) is 0 Å². The van der Waals surface area contributed by atoms with Crippen LogP contribution in [-0.2, 0) is 22.4 Å². The minimum Gasteiger partial charge on any atom is -0.507 e. The Hall–Kier alpha value is -4.28. The molecule has 2 aliphatic heterocycles. The maximum atomic E-state index is 13.1. The number of nitrogens with one attached hydrogen (secondary N) is 2. The van der Waals surface area contributed by atoms with Crippen molar-refractivity contribution in [2.45, 2.75) is 92.3 Å². The Morgan fingerprint density at radius 1 is 0.780 bits per heavy atom. The zero-order valence-electron chi connectivity index (χ0n) is 24.9. The van der Waals surface area contributed by atoms with Crippen LogP contribution in [0.5, 0.6) is 23.0 Å². The second-order valence-electron chi connectivity index (χ2n) is 11.4. The van der Waals surface area contributed by atoms with E-state index in [-0.39, 0.29) is 17.5 Å². The average molecular weight is 566 g/mol. The van der Waals surface area contributed by atoms with E-state index in [0.29, 0.717) is 42.7 Å². The Bertz CT molecular complexity index is 1510. The van der Waals surface area contributed by atoms with Crippen molar-refractivity contribution in [2.24, 2.45) is 15.9 Å². The molecule has 0 saturated carbocycles. The van der Waals surface area contributed by atoms with Crippen molar-refractivity contribution in [2.75, 3.05) is 0 Å². The highest BCUT2D eigenvalue weighted by Gasteiger charge is 2.42. The van der Waals surface area contributed by atoms with E-state index in [1.54, 1.807) is 13.8 Å². The molecular formula is C30H39N5O6. The fourth-order valence-electron chi connectivity index (χ4n) is 5.42. The van der Waals surface area contributed by atoms with Crippen molar-refractivity contribution in [3.8, 4) is 23.0 Å². The molecule has 220 valence electrons. The maximum absolute atomic E-state index is 13.1. The summed E-state index contributed by atoms with van der Waals surface area (Å²) < 4.78 is 12.3. The van der Waals surface area contributed by atoms with Crippen LogP contribution in [0.25, 0.3) is 0 Å². The summed E-state index contributed by atoms with van der Waals surface area (Å²) in [6.45, 7) is 14.4. The molecule has 6 N–H and O–H groups in total. The zero-order valence-corrected chi connectivity index (χ0v) is 24.9. The number of ether oxygens (including phenoxy) is 2. The molecule has 2 amide bonds. The molecule has 2 atom stereocenters. The molecule has 2 aromatic carbocycles. The van der Waals surface area contributed by atoms with Crippen molar-refractivity contribution in [3.05, 3.63) is 44.5 Å². The molecule has 0 spiro atoms. The molecule has 0 aliphatic carbocycles. The van der Waals surface area contributed by atoms with Gasteiger partial charge in [-0.15, -0.1) is 10.2 Å². The van der Waals surface area contributed by atoms with E-state index in [4.69, 9.17) is 15.2 Å². The highest BCUT2D eigenvalue weighted by molar-refractivity contribution is 6.00. The van der Waals surface area contributed by atoms with Gasteiger partial charge in [0.2, 0.25) is 5.96 Å². The largest absolute Gasteiger partial charge is 0.507 e. The van der Waals surface area contributed by atoms with Gasteiger partial charge >= 0.3 is 0 Å². The molecule has 0 saturated heterocycles. The summed E-state index contributed by atoms with van der Waals surface area (Å²) in [4.78, 5) is 26.1. The highest BCUT2D eigenvalue weighted by Crippen LogP contribution is 2.44. The zero-order chi connectivity index (χ0) is 30.4. The monoisotopic (exact) mass is 565 g/mol. The number of nitrogens with zero attached hydrogens (tertiary/aromatic N) is 2. The maximum Gasteiger partial charge on any atom is 0.270 e. The van der Waals surface area contributed by atoms with E-state index >= 15 is 0 Å². The predicted molar refractivity (Wildman–Crippen MR) is 156 cm³/mol. The van der Waals surface area contributed by atoms with E-state index in [1.807, 2.05) is 41.5 Å². The Labute approximate surface area is 239 Å². The quantitative estimate of drug-likeness (QED) is 0.215. The minimum atomic E-state index is -1.21. The topological polar surface area (TPSA) is 168 Å². The summed E-state index contributed by atoms with van der Waals surface area (Å²) in [6.07, 6.45) is 2.98. The molecule has 11 heteroatoms. The lowest BCUT2D eigenvalue weighted by Gasteiger charge is -2.36. The van der Waals surface area contributed by atoms with Gasteiger partial charge < -0.3 is 30.7 Å². The predicted octanol–water partition coefficient (Wildman–Crippen LogP) is 3.31. The van der Waals surface area contributed by atoms with Gasteiger partial charge in [0.05, 0.1) is 0 Å². The Morgan fingerprint density at radius 2 is 1.22 bits per heavy atom. The summed E-state index contributed by atoms with van der Waals surface area (Å²) in [5, 5.41) is 33.4. The molecule has 0 fully saturated rings. The molecule has 2 unspecified atom stereocenters. The first-order valence-corrected chi connectivity index (χ1v) is 13.6. The standard InChI is InChI=1S/C30H39N5O6/c1-14-16(3)24-20(18(5)22(14)36)9-11-29(7,40-24)26(38)32-13-33-35-28(31)34-27(39)30(8)12-10-21-19(6)23(37)15(2)17(4)25(21)41-30/h13,36-37H,9-12H2,1-8H3,(H,32,33,38)(H3,31,34,35,39). The molecule has 2 aromatic rings. The summed E-state index contributed by atoms with van der Waals surface area (Å²) in [7, 11) is 0. The lowest BCUT2D eigenvalue weighted by molar-refractivity contribution is -0.135. The normalized spacial score (nSPS) is 21.9. The number of benzene rings is 2. The van der Waals surface area contributed by atoms with Crippen molar-refractivity contribution < 1.29 is 29.3 Å². The molecular weight excluding hydrogens is 526 g/mol. The number of phenolic OH excluding ortho intramolecular Hbond substituents is 2. The van der Waals surface area contributed by atoms with Crippen LogP contribution in [0.15, 0.2) is 10.2 Å². The Kier molecular flexibility index (Phi) is 7.68. The first kappa shape index (κ1) is 29.7. The summed E-state index contributed by atoms with van der Waals surface area (Å²) in [5.41, 5.74) is 9.81. The highest BCUT2D eigenvalue weighted by atomic mass is 16.5. The van der Waals surface area contributed by atoms with Crippen molar-refractivity contribution in [1.29, 1.82) is 0 Å². The molecule has 41 heavy (non-hydrogen) atoms. The van der Waals surface area contributed by atoms with Crippen molar-refractivity contribution in [3.63, 3.8) is 0 Å². The molecule has 11 nitrogen and oxygen atoms in total. The number of rotatable bonds is 4. The first-order valence-electron chi connectivity index (χ1n) is 13.6. The lowest BCUT2D eigenvalue weighted by atomic mass is 9.86. The minimum absolute atomic E-state index is 0.244. The number of carbonyl (C=O) groups excluding carboxylic acids is 2. The van der Waals surface area contributed by atoms with Crippen LogP contribution >= 0.6 is 0 Å². The van der Waals surface area contributed by atoms with Gasteiger partial charge in [-0.05, 0) is 102 Å². The van der Waals surface area contributed by atoms with Crippen LogP contribution in [0.4, 0.5) is 0 Å². The molecule has 2 aliphatic rings. The van der Waals surface area contributed by atoms with Gasteiger partial charge in [-0.3, -0.25) is 14.9 Å².